The zero-order chi connectivity index (χ0) is 16.4. The molecule has 0 aliphatic carbocycles. The maximum atomic E-state index is 12.2. The molecule has 0 fully saturated rings. The van der Waals surface area contributed by atoms with Gasteiger partial charge in [-0.1, -0.05) is 41.9 Å². The number of aryl methyl sites for hydroxylation is 1. The lowest BCUT2D eigenvalue weighted by Gasteiger charge is -2.07. The Morgan fingerprint density at radius 1 is 0.957 bits per heavy atom. The van der Waals surface area contributed by atoms with Crippen LogP contribution >= 0.6 is 11.6 Å². The van der Waals surface area contributed by atoms with Gasteiger partial charge in [-0.25, -0.2) is 0 Å². The average Bonchev–Trinajstić information content (AvgIpc) is 2.90. The summed E-state index contributed by atoms with van der Waals surface area (Å²) in [6, 6.07) is 13.9. The zero-order valence-electron chi connectivity index (χ0n) is 12.2. The number of hydrazine groups is 1. The summed E-state index contributed by atoms with van der Waals surface area (Å²) < 4.78 is 5.53. The lowest BCUT2D eigenvalue weighted by molar-refractivity contribution is 0.0831. The Labute approximate surface area is 137 Å². The number of benzene rings is 2. The van der Waals surface area contributed by atoms with Crippen LogP contribution in [0.2, 0.25) is 5.02 Å². The van der Waals surface area contributed by atoms with E-state index in [1.165, 1.54) is 0 Å². The van der Waals surface area contributed by atoms with Crippen molar-refractivity contribution >= 4 is 34.4 Å². The smallest absolute Gasteiger partial charge is 0.305 e. The second-order valence-electron chi connectivity index (χ2n) is 4.94. The van der Waals surface area contributed by atoms with Gasteiger partial charge in [0.05, 0.1) is 10.6 Å². The van der Waals surface area contributed by atoms with Crippen molar-refractivity contribution in [2.45, 2.75) is 6.92 Å². The third kappa shape index (κ3) is 2.91. The van der Waals surface area contributed by atoms with Gasteiger partial charge in [0, 0.05) is 10.9 Å². The molecule has 1 heterocycles. The van der Waals surface area contributed by atoms with Gasteiger partial charge in [0.1, 0.15) is 5.58 Å². The quantitative estimate of drug-likeness (QED) is 0.708. The summed E-state index contributed by atoms with van der Waals surface area (Å²) in [6.45, 7) is 1.79. The first-order valence-corrected chi connectivity index (χ1v) is 7.29. The fraction of sp³-hybridized carbons (Fsp3) is 0.0588. The van der Waals surface area contributed by atoms with E-state index in [-0.39, 0.29) is 11.3 Å². The highest BCUT2D eigenvalue weighted by Crippen LogP contribution is 2.24. The number of carbonyl (C=O) groups excluding carboxylic acids is 2. The summed E-state index contributed by atoms with van der Waals surface area (Å²) in [4.78, 5) is 24.2. The largest absolute Gasteiger partial charge is 0.451 e. The van der Waals surface area contributed by atoms with Gasteiger partial charge in [-0.05, 0) is 25.1 Å². The highest BCUT2D eigenvalue weighted by Gasteiger charge is 2.18. The number of furan rings is 1. The van der Waals surface area contributed by atoms with E-state index >= 15 is 0 Å². The number of rotatable bonds is 2. The van der Waals surface area contributed by atoms with Crippen LogP contribution in [0.5, 0.6) is 0 Å². The maximum absolute atomic E-state index is 12.2. The normalized spacial score (nSPS) is 10.5. The SMILES string of the molecule is Cc1c(C(=O)NNC(=O)c2ccccc2Cl)oc2ccccc12. The fourth-order valence-electron chi connectivity index (χ4n) is 2.27. The molecule has 2 aromatic carbocycles. The molecular weight excluding hydrogens is 316 g/mol. The van der Waals surface area contributed by atoms with E-state index in [9.17, 15) is 9.59 Å². The van der Waals surface area contributed by atoms with Gasteiger partial charge in [0.15, 0.2) is 5.76 Å². The van der Waals surface area contributed by atoms with E-state index in [2.05, 4.69) is 10.9 Å². The Kier molecular flexibility index (Phi) is 4.04. The van der Waals surface area contributed by atoms with E-state index in [4.69, 9.17) is 16.0 Å². The molecule has 3 aromatic rings. The van der Waals surface area contributed by atoms with Crippen LogP contribution in [-0.2, 0) is 0 Å². The van der Waals surface area contributed by atoms with Crippen molar-refractivity contribution in [1.82, 2.24) is 10.9 Å². The number of nitrogens with one attached hydrogen (secondary N) is 2. The molecule has 0 aliphatic heterocycles. The minimum Gasteiger partial charge on any atom is -0.451 e. The number of hydrogen-bond donors (Lipinski definition) is 2. The molecule has 1 aromatic heterocycles. The highest BCUT2D eigenvalue weighted by atomic mass is 35.5. The Morgan fingerprint density at radius 2 is 1.61 bits per heavy atom. The van der Waals surface area contributed by atoms with Crippen molar-refractivity contribution in [3.8, 4) is 0 Å². The van der Waals surface area contributed by atoms with Crippen molar-refractivity contribution < 1.29 is 14.0 Å². The molecule has 0 saturated carbocycles. The lowest BCUT2D eigenvalue weighted by atomic mass is 10.1. The topological polar surface area (TPSA) is 71.3 Å². The van der Waals surface area contributed by atoms with E-state index in [1.807, 2.05) is 18.2 Å². The fourth-order valence-corrected chi connectivity index (χ4v) is 2.50. The van der Waals surface area contributed by atoms with E-state index in [0.29, 0.717) is 16.2 Å². The summed E-state index contributed by atoms with van der Waals surface area (Å²) in [7, 11) is 0. The molecule has 0 saturated heterocycles. The van der Waals surface area contributed by atoms with Crippen LogP contribution < -0.4 is 10.9 Å². The third-order valence-electron chi connectivity index (χ3n) is 3.46. The Bertz CT molecular complexity index is 902. The van der Waals surface area contributed by atoms with Gasteiger partial charge in [0.25, 0.3) is 5.91 Å². The van der Waals surface area contributed by atoms with Gasteiger partial charge in [-0.15, -0.1) is 0 Å². The summed E-state index contributed by atoms with van der Waals surface area (Å²) in [5, 5.41) is 1.16. The molecule has 0 aliphatic rings. The van der Waals surface area contributed by atoms with Gasteiger partial charge in [-0.2, -0.15) is 0 Å². The van der Waals surface area contributed by atoms with Crippen LogP contribution in [0.15, 0.2) is 52.9 Å². The van der Waals surface area contributed by atoms with E-state index in [1.54, 1.807) is 37.3 Å². The molecule has 116 valence electrons. The second kappa shape index (κ2) is 6.14. The number of amides is 2. The average molecular weight is 329 g/mol. The van der Waals surface area contributed by atoms with Gasteiger partial charge >= 0.3 is 5.91 Å². The molecule has 5 nitrogen and oxygen atoms in total. The van der Waals surface area contributed by atoms with Gasteiger partial charge in [0.2, 0.25) is 0 Å². The lowest BCUT2D eigenvalue weighted by Crippen LogP contribution is -2.41. The predicted molar refractivity (Wildman–Crippen MR) is 87.3 cm³/mol. The van der Waals surface area contributed by atoms with Crippen LogP contribution in [0.4, 0.5) is 0 Å². The number of hydrogen-bond acceptors (Lipinski definition) is 3. The first-order chi connectivity index (χ1) is 11.1. The first-order valence-electron chi connectivity index (χ1n) is 6.91. The van der Waals surface area contributed by atoms with Crippen LogP contribution in [0.1, 0.15) is 26.5 Å². The van der Waals surface area contributed by atoms with E-state index in [0.717, 1.165) is 5.39 Å². The monoisotopic (exact) mass is 328 g/mol. The first kappa shape index (κ1) is 15.1. The zero-order valence-corrected chi connectivity index (χ0v) is 13.0. The molecular formula is C17H13ClN2O3. The Hall–Kier alpha value is -2.79. The summed E-state index contributed by atoms with van der Waals surface area (Å²) in [6.07, 6.45) is 0. The van der Waals surface area contributed by atoms with Crippen LogP contribution in [-0.4, -0.2) is 11.8 Å². The van der Waals surface area contributed by atoms with E-state index < -0.39 is 11.8 Å². The maximum Gasteiger partial charge on any atom is 0.305 e. The van der Waals surface area contributed by atoms with Crippen molar-refractivity contribution in [3.63, 3.8) is 0 Å². The molecule has 0 bridgehead atoms. The number of carbonyl (C=O) groups is 2. The van der Waals surface area contributed by atoms with Crippen molar-refractivity contribution in [2.75, 3.05) is 0 Å². The molecule has 0 atom stereocenters. The van der Waals surface area contributed by atoms with Gasteiger partial charge in [-0.3, -0.25) is 20.4 Å². The molecule has 6 heteroatoms. The molecule has 2 N–H and O–H groups in total. The third-order valence-corrected chi connectivity index (χ3v) is 3.79. The number of para-hydroxylation sites is 1. The highest BCUT2D eigenvalue weighted by molar-refractivity contribution is 6.33. The van der Waals surface area contributed by atoms with Crippen molar-refractivity contribution in [1.29, 1.82) is 0 Å². The predicted octanol–water partition coefficient (Wildman–Crippen LogP) is 3.47. The standard InChI is InChI=1S/C17H13ClN2O3/c1-10-11-6-3-5-9-14(11)23-15(10)17(22)20-19-16(21)12-7-2-4-8-13(12)18/h2-9H,1H3,(H,19,21)(H,20,22). The Balaban J connectivity index is 1.75. The molecule has 23 heavy (non-hydrogen) atoms. The van der Waals surface area contributed by atoms with Crippen LogP contribution in [0.3, 0.4) is 0 Å². The van der Waals surface area contributed by atoms with Crippen molar-refractivity contribution in [2.24, 2.45) is 0 Å². The van der Waals surface area contributed by atoms with Gasteiger partial charge < -0.3 is 4.42 Å². The molecule has 0 unspecified atom stereocenters. The summed E-state index contributed by atoms with van der Waals surface area (Å²) in [5.41, 5.74) is 6.27. The summed E-state index contributed by atoms with van der Waals surface area (Å²) >= 11 is 5.94. The molecule has 0 radical (unpaired) electrons. The van der Waals surface area contributed by atoms with Crippen LogP contribution in [0.25, 0.3) is 11.0 Å². The number of fused-ring (bicyclic) bond motifs is 1. The number of halogens is 1. The molecule has 2 amide bonds. The van der Waals surface area contributed by atoms with Crippen LogP contribution in [0, 0.1) is 6.92 Å². The Morgan fingerprint density at radius 3 is 2.35 bits per heavy atom. The van der Waals surface area contributed by atoms with Crippen molar-refractivity contribution in [3.05, 3.63) is 70.4 Å². The second-order valence-corrected chi connectivity index (χ2v) is 5.35. The minimum atomic E-state index is -0.529. The summed E-state index contributed by atoms with van der Waals surface area (Å²) in [5.74, 6) is -0.873. The molecule has 3 rings (SSSR count). The molecule has 0 spiro atoms. The minimum absolute atomic E-state index is 0.158.